The highest BCUT2D eigenvalue weighted by Crippen LogP contribution is 2.22. The third-order valence-corrected chi connectivity index (χ3v) is 6.05. The Labute approximate surface area is 193 Å². The second-order valence-electron chi connectivity index (χ2n) is 7.16. The van der Waals surface area contributed by atoms with Crippen molar-refractivity contribution in [3.63, 3.8) is 0 Å². The van der Waals surface area contributed by atoms with Crippen molar-refractivity contribution in [3.8, 4) is 5.75 Å². The largest absolute Gasteiger partial charge is 0.497 e. The molecule has 1 atom stereocenters. The number of ether oxygens (including phenoxy) is 1. The highest BCUT2D eigenvalue weighted by atomic mass is 32.2. The Morgan fingerprint density at radius 3 is 2.70 bits per heavy atom. The van der Waals surface area contributed by atoms with Gasteiger partial charge in [0.25, 0.3) is 11.5 Å². The minimum Gasteiger partial charge on any atom is -0.497 e. The number of benzene rings is 2. The van der Waals surface area contributed by atoms with Gasteiger partial charge in [-0.25, -0.2) is 4.98 Å². The molecule has 1 amide bonds. The first-order valence-electron chi connectivity index (χ1n) is 10.1. The van der Waals surface area contributed by atoms with Crippen LogP contribution < -0.4 is 15.6 Å². The molecule has 4 rings (SSSR count). The number of thioether (sulfide) groups is 1. The zero-order valence-electron chi connectivity index (χ0n) is 18.0. The van der Waals surface area contributed by atoms with Crippen LogP contribution in [0.3, 0.4) is 0 Å². The summed E-state index contributed by atoms with van der Waals surface area (Å²) in [5, 5.41) is 22.0. The van der Waals surface area contributed by atoms with E-state index in [0.29, 0.717) is 44.8 Å². The maximum Gasteiger partial charge on any atom is 0.258 e. The molecule has 170 valence electrons. The highest BCUT2D eigenvalue weighted by molar-refractivity contribution is 7.98. The lowest BCUT2D eigenvalue weighted by molar-refractivity contribution is 0.0912. The number of aliphatic hydroxyl groups excluding tert-OH is 1. The van der Waals surface area contributed by atoms with Crippen molar-refractivity contribution < 1.29 is 14.6 Å². The van der Waals surface area contributed by atoms with Gasteiger partial charge in [-0.3, -0.25) is 9.59 Å². The third kappa shape index (κ3) is 4.89. The molecule has 33 heavy (non-hydrogen) atoms. The van der Waals surface area contributed by atoms with E-state index in [4.69, 9.17) is 4.74 Å². The van der Waals surface area contributed by atoms with E-state index < -0.39 is 6.04 Å². The van der Waals surface area contributed by atoms with Gasteiger partial charge >= 0.3 is 0 Å². The molecule has 4 aromatic rings. The van der Waals surface area contributed by atoms with Crippen LogP contribution in [0.4, 0.5) is 0 Å². The first kappa shape index (κ1) is 22.5. The van der Waals surface area contributed by atoms with Crippen LogP contribution >= 0.6 is 11.8 Å². The van der Waals surface area contributed by atoms with E-state index in [2.05, 4.69) is 25.5 Å². The number of carbonyl (C=O) groups is 1. The Bertz CT molecular complexity index is 1330. The van der Waals surface area contributed by atoms with Gasteiger partial charge in [0.15, 0.2) is 11.0 Å². The van der Waals surface area contributed by atoms with Crippen LogP contribution in [0.15, 0.2) is 58.5 Å². The number of amides is 1. The molecule has 3 N–H and O–H groups in total. The number of aromatic amines is 1. The molecule has 0 fully saturated rings. The molecular formula is C22H22N6O4S. The van der Waals surface area contributed by atoms with Gasteiger partial charge < -0.3 is 24.7 Å². The molecule has 11 heteroatoms. The minimum absolute atomic E-state index is 0.198. The van der Waals surface area contributed by atoms with Gasteiger partial charge in [0, 0.05) is 12.6 Å². The summed E-state index contributed by atoms with van der Waals surface area (Å²) in [6.45, 7) is -0.349. The average molecular weight is 467 g/mol. The van der Waals surface area contributed by atoms with Gasteiger partial charge in [-0.15, -0.1) is 10.2 Å². The zero-order chi connectivity index (χ0) is 23.4. The van der Waals surface area contributed by atoms with Crippen molar-refractivity contribution in [1.29, 1.82) is 0 Å². The topological polar surface area (TPSA) is 135 Å². The number of nitrogens with zero attached hydrogens (tertiary/aromatic N) is 4. The molecule has 2 aromatic heterocycles. The summed E-state index contributed by atoms with van der Waals surface area (Å²) in [7, 11) is 3.30. The van der Waals surface area contributed by atoms with E-state index in [1.54, 1.807) is 61.2 Å². The summed E-state index contributed by atoms with van der Waals surface area (Å²) in [5.41, 5.74) is 0.853. The quantitative estimate of drug-likeness (QED) is 0.335. The summed E-state index contributed by atoms with van der Waals surface area (Å²) in [6, 6.07) is 13.0. The molecule has 0 radical (unpaired) electrons. The van der Waals surface area contributed by atoms with E-state index in [0.717, 1.165) is 0 Å². The molecule has 0 aliphatic carbocycles. The minimum atomic E-state index is -0.745. The monoisotopic (exact) mass is 466 g/mol. The third-order valence-electron chi connectivity index (χ3n) is 5.02. The predicted octanol–water partition coefficient (Wildman–Crippen LogP) is 1.82. The van der Waals surface area contributed by atoms with Crippen molar-refractivity contribution in [1.82, 2.24) is 30.0 Å². The van der Waals surface area contributed by atoms with Crippen LogP contribution in [-0.4, -0.2) is 49.5 Å². The standard InChI is InChI=1S/C22H22N6O4S/c1-28-19(17(11-29)24-20(30)13-7-9-14(32-2)10-8-13)26-27-22(28)33-12-18-23-16-6-4-3-5-15(16)21(31)25-18/h3-10,17,29H,11-12H2,1-2H3,(H,24,30)(H,23,25,31)/t17-/m1/s1. The molecule has 2 aromatic carbocycles. The Morgan fingerprint density at radius 1 is 1.21 bits per heavy atom. The summed E-state index contributed by atoms with van der Waals surface area (Å²) in [5.74, 6) is 1.57. The normalized spacial score (nSPS) is 12.0. The van der Waals surface area contributed by atoms with Gasteiger partial charge in [0.2, 0.25) is 0 Å². The maximum atomic E-state index is 12.6. The van der Waals surface area contributed by atoms with Gasteiger partial charge in [-0.05, 0) is 36.4 Å². The fraction of sp³-hybridized carbons (Fsp3) is 0.227. The number of hydrogen-bond acceptors (Lipinski definition) is 8. The number of hydrogen-bond donors (Lipinski definition) is 3. The van der Waals surface area contributed by atoms with Crippen molar-refractivity contribution in [3.05, 3.63) is 76.1 Å². The van der Waals surface area contributed by atoms with E-state index in [1.165, 1.54) is 11.8 Å². The molecule has 0 bridgehead atoms. The molecule has 0 saturated carbocycles. The van der Waals surface area contributed by atoms with Crippen LogP contribution in [0, 0.1) is 0 Å². The summed E-state index contributed by atoms with van der Waals surface area (Å²) in [6.07, 6.45) is 0. The number of H-pyrrole nitrogens is 1. The molecule has 0 aliphatic rings. The van der Waals surface area contributed by atoms with Crippen LogP contribution in [0.25, 0.3) is 10.9 Å². The van der Waals surface area contributed by atoms with E-state index in [1.807, 2.05) is 6.07 Å². The van der Waals surface area contributed by atoms with Crippen molar-refractivity contribution in [2.75, 3.05) is 13.7 Å². The number of nitrogens with one attached hydrogen (secondary N) is 2. The highest BCUT2D eigenvalue weighted by Gasteiger charge is 2.22. The number of methoxy groups -OCH3 is 1. The zero-order valence-corrected chi connectivity index (χ0v) is 18.8. The average Bonchev–Trinajstić information content (AvgIpc) is 3.21. The van der Waals surface area contributed by atoms with Gasteiger partial charge in [-0.1, -0.05) is 23.9 Å². The summed E-state index contributed by atoms with van der Waals surface area (Å²) in [4.78, 5) is 32.1. The lowest BCUT2D eigenvalue weighted by atomic mass is 10.2. The lowest BCUT2D eigenvalue weighted by Crippen LogP contribution is -2.32. The fourth-order valence-electron chi connectivity index (χ4n) is 3.27. The second kappa shape index (κ2) is 9.84. The van der Waals surface area contributed by atoms with Crippen LogP contribution in [0.2, 0.25) is 0 Å². The molecule has 0 spiro atoms. The predicted molar refractivity (Wildman–Crippen MR) is 123 cm³/mol. The van der Waals surface area contributed by atoms with Crippen LogP contribution in [0.1, 0.15) is 28.0 Å². The van der Waals surface area contributed by atoms with Crippen molar-refractivity contribution in [2.24, 2.45) is 7.05 Å². The summed E-state index contributed by atoms with van der Waals surface area (Å²) < 4.78 is 6.80. The first-order valence-corrected chi connectivity index (χ1v) is 11.0. The van der Waals surface area contributed by atoms with Crippen LogP contribution in [0.5, 0.6) is 5.75 Å². The number of para-hydroxylation sites is 1. The molecular weight excluding hydrogens is 444 g/mol. The molecule has 0 aliphatic heterocycles. The number of aromatic nitrogens is 5. The van der Waals surface area contributed by atoms with E-state index in [-0.39, 0.29) is 18.1 Å². The Kier molecular flexibility index (Phi) is 6.71. The molecule has 0 unspecified atom stereocenters. The van der Waals surface area contributed by atoms with Gasteiger partial charge in [0.1, 0.15) is 17.6 Å². The first-order chi connectivity index (χ1) is 16.0. The number of rotatable bonds is 8. The molecule has 2 heterocycles. The smallest absolute Gasteiger partial charge is 0.258 e. The Hall–Kier alpha value is -3.70. The summed E-state index contributed by atoms with van der Waals surface area (Å²) >= 11 is 1.33. The SMILES string of the molecule is COc1ccc(C(=O)N[C@H](CO)c2nnc(SCc3nc4ccccc4c(=O)[nH]3)n2C)cc1. The fourth-order valence-corrected chi connectivity index (χ4v) is 4.06. The maximum absolute atomic E-state index is 12.6. The van der Waals surface area contributed by atoms with Gasteiger partial charge in [-0.2, -0.15) is 0 Å². The molecule has 0 saturated heterocycles. The Morgan fingerprint density at radius 2 is 1.97 bits per heavy atom. The lowest BCUT2D eigenvalue weighted by Gasteiger charge is -2.16. The number of aliphatic hydroxyl groups is 1. The van der Waals surface area contributed by atoms with Crippen molar-refractivity contribution >= 4 is 28.6 Å². The molecule has 10 nitrogen and oxygen atoms in total. The van der Waals surface area contributed by atoms with Crippen LogP contribution in [-0.2, 0) is 12.8 Å². The Balaban J connectivity index is 1.46. The van der Waals surface area contributed by atoms with Crippen molar-refractivity contribution in [2.45, 2.75) is 17.0 Å². The number of carbonyl (C=O) groups excluding carboxylic acids is 1. The van der Waals surface area contributed by atoms with E-state index in [9.17, 15) is 14.7 Å². The van der Waals surface area contributed by atoms with E-state index >= 15 is 0 Å². The van der Waals surface area contributed by atoms with Gasteiger partial charge in [0.05, 0.1) is 30.4 Å². The second-order valence-corrected chi connectivity index (χ2v) is 8.10. The number of fused-ring (bicyclic) bond motifs is 1.